The quantitative estimate of drug-likeness (QED) is 0.709. The van der Waals surface area contributed by atoms with Crippen molar-refractivity contribution < 1.29 is 0 Å². The third-order valence-electron chi connectivity index (χ3n) is 5.10. The Morgan fingerprint density at radius 3 is 2.69 bits per heavy atom. The second kappa shape index (κ2) is 6.24. The van der Waals surface area contributed by atoms with Gasteiger partial charge in [0.05, 0.1) is 12.0 Å². The number of nitrogens with zero attached hydrogens (tertiary/aromatic N) is 5. The van der Waals surface area contributed by atoms with Gasteiger partial charge in [-0.1, -0.05) is 26.0 Å². The van der Waals surface area contributed by atoms with E-state index in [4.69, 9.17) is 4.98 Å². The smallest absolute Gasteiger partial charge is 0.174 e. The molecule has 0 spiro atoms. The number of imidazole rings is 1. The molecule has 0 fully saturated rings. The van der Waals surface area contributed by atoms with Crippen molar-refractivity contribution in [2.24, 2.45) is 0 Å². The van der Waals surface area contributed by atoms with Crippen molar-refractivity contribution in [2.45, 2.75) is 52.5 Å². The highest BCUT2D eigenvalue weighted by Gasteiger charge is 2.30. The minimum Gasteiger partial charge on any atom is -0.306 e. The van der Waals surface area contributed by atoms with Gasteiger partial charge in [-0.2, -0.15) is 5.10 Å². The van der Waals surface area contributed by atoms with Crippen LogP contribution in [0.15, 0.2) is 30.7 Å². The number of hydrogen-bond donors (Lipinski definition) is 0. The molecule has 0 N–H and O–H groups in total. The maximum Gasteiger partial charge on any atom is 0.174 e. The van der Waals surface area contributed by atoms with E-state index < -0.39 is 0 Å². The molecule has 1 aromatic carbocycles. The Balaban J connectivity index is 1.58. The predicted octanol–water partition coefficient (Wildman–Crippen LogP) is 4.32. The molecule has 0 radical (unpaired) electrons. The average Bonchev–Trinajstić information content (AvgIpc) is 3.20. The van der Waals surface area contributed by atoms with Crippen molar-refractivity contribution in [1.29, 1.82) is 0 Å². The van der Waals surface area contributed by atoms with E-state index in [0.29, 0.717) is 0 Å². The highest BCUT2D eigenvalue weighted by atomic mass is 15.4. The molecule has 4 rings (SSSR count). The molecule has 1 aliphatic heterocycles. The monoisotopic (exact) mass is 347 g/mol. The van der Waals surface area contributed by atoms with E-state index >= 15 is 0 Å². The van der Waals surface area contributed by atoms with Crippen LogP contribution in [0, 0.1) is 13.8 Å². The average molecular weight is 347 g/mol. The number of benzene rings is 1. The second-order valence-corrected chi connectivity index (χ2v) is 7.81. The Bertz CT molecular complexity index is 974. The number of aromatic nitrogens is 5. The Morgan fingerprint density at radius 2 is 2.00 bits per heavy atom. The second-order valence-electron chi connectivity index (χ2n) is 7.81. The molecule has 134 valence electrons. The van der Waals surface area contributed by atoms with E-state index in [0.717, 1.165) is 35.1 Å². The van der Waals surface area contributed by atoms with Crippen LogP contribution in [-0.4, -0.2) is 24.3 Å². The summed E-state index contributed by atoms with van der Waals surface area (Å²) in [4.78, 5) is 9.07. The molecule has 3 heterocycles. The van der Waals surface area contributed by atoms with E-state index in [9.17, 15) is 0 Å². The van der Waals surface area contributed by atoms with Crippen molar-refractivity contribution in [3.8, 4) is 5.69 Å². The molecule has 0 bridgehead atoms. The van der Waals surface area contributed by atoms with Crippen molar-refractivity contribution in [1.82, 2.24) is 24.3 Å². The zero-order valence-corrected chi connectivity index (χ0v) is 15.9. The van der Waals surface area contributed by atoms with Crippen LogP contribution in [0.4, 0.5) is 0 Å². The largest absolute Gasteiger partial charge is 0.306 e. The molecule has 0 saturated carbocycles. The van der Waals surface area contributed by atoms with Gasteiger partial charge in [-0.25, -0.2) is 14.6 Å². The first-order chi connectivity index (χ1) is 12.4. The zero-order chi connectivity index (χ0) is 18.3. The van der Waals surface area contributed by atoms with Crippen LogP contribution < -0.4 is 0 Å². The Morgan fingerprint density at radius 1 is 1.15 bits per heavy atom. The van der Waals surface area contributed by atoms with Gasteiger partial charge < -0.3 is 4.57 Å². The van der Waals surface area contributed by atoms with Crippen LogP contribution in [0.25, 0.3) is 17.8 Å². The van der Waals surface area contributed by atoms with Crippen LogP contribution in [0.2, 0.25) is 0 Å². The normalized spacial score (nSPS) is 16.2. The number of hydrogen-bond acceptors (Lipinski definition) is 3. The van der Waals surface area contributed by atoms with Crippen molar-refractivity contribution in [3.05, 3.63) is 59.2 Å². The van der Waals surface area contributed by atoms with Crippen molar-refractivity contribution in [3.63, 3.8) is 0 Å². The maximum absolute atomic E-state index is 4.76. The summed E-state index contributed by atoms with van der Waals surface area (Å²) in [6, 6.07) is 6.43. The summed E-state index contributed by atoms with van der Waals surface area (Å²) in [5, 5.41) is 4.66. The fourth-order valence-electron chi connectivity index (χ4n) is 3.67. The Hall–Kier alpha value is -2.69. The molecule has 0 unspecified atom stereocenters. The van der Waals surface area contributed by atoms with Gasteiger partial charge in [0, 0.05) is 23.8 Å². The molecule has 0 atom stereocenters. The lowest BCUT2D eigenvalue weighted by molar-refractivity contribution is 0.335. The van der Waals surface area contributed by atoms with Crippen LogP contribution in [-0.2, 0) is 12.0 Å². The number of fused-ring (bicyclic) bond motifs is 1. The Kier molecular flexibility index (Phi) is 4.02. The summed E-state index contributed by atoms with van der Waals surface area (Å²) < 4.78 is 4.13. The zero-order valence-electron chi connectivity index (χ0n) is 15.9. The first-order valence-electron chi connectivity index (χ1n) is 9.17. The van der Waals surface area contributed by atoms with Gasteiger partial charge in [-0.05, 0) is 56.0 Å². The first kappa shape index (κ1) is 16.8. The lowest BCUT2D eigenvalue weighted by Crippen LogP contribution is -2.28. The van der Waals surface area contributed by atoms with Gasteiger partial charge in [0.25, 0.3) is 0 Å². The van der Waals surface area contributed by atoms with Gasteiger partial charge in [0.1, 0.15) is 5.82 Å². The maximum atomic E-state index is 4.76. The van der Waals surface area contributed by atoms with Crippen LogP contribution in [0.5, 0.6) is 0 Å². The van der Waals surface area contributed by atoms with Gasteiger partial charge in [0.15, 0.2) is 5.82 Å². The third-order valence-corrected chi connectivity index (χ3v) is 5.10. The number of aryl methyl sites for hydroxylation is 3. The Labute approximate surface area is 154 Å². The van der Waals surface area contributed by atoms with E-state index in [1.165, 1.54) is 18.4 Å². The molecule has 0 amide bonds. The standard InChI is InChI=1S/C21H25N5/c1-15-12-17(6-8-18(15)25-13-16(2)22-14-25)7-9-19-23-20-21(3,4)10-5-11-26(20)24-19/h6-9,12-14H,5,10-11H2,1-4H3/b9-7+. The van der Waals surface area contributed by atoms with Crippen LogP contribution >= 0.6 is 0 Å². The van der Waals surface area contributed by atoms with Crippen LogP contribution in [0.3, 0.4) is 0 Å². The highest BCUT2D eigenvalue weighted by molar-refractivity contribution is 5.68. The summed E-state index contributed by atoms with van der Waals surface area (Å²) in [5.41, 5.74) is 4.64. The first-order valence-corrected chi connectivity index (χ1v) is 9.17. The van der Waals surface area contributed by atoms with E-state index in [-0.39, 0.29) is 5.41 Å². The molecule has 3 aromatic rings. The van der Waals surface area contributed by atoms with Gasteiger partial charge in [-0.3, -0.25) is 0 Å². The fourth-order valence-corrected chi connectivity index (χ4v) is 3.67. The van der Waals surface area contributed by atoms with Gasteiger partial charge in [0.2, 0.25) is 0 Å². The summed E-state index contributed by atoms with van der Waals surface area (Å²) in [5.74, 6) is 1.90. The molecular weight excluding hydrogens is 322 g/mol. The van der Waals surface area contributed by atoms with E-state index in [2.05, 4.69) is 64.4 Å². The number of rotatable bonds is 3. The molecule has 5 nitrogen and oxygen atoms in total. The van der Waals surface area contributed by atoms with E-state index in [1.54, 1.807) is 0 Å². The fraction of sp³-hybridized carbons (Fsp3) is 0.381. The molecule has 0 saturated heterocycles. The summed E-state index contributed by atoms with van der Waals surface area (Å²) in [6.07, 6.45) is 10.3. The highest BCUT2D eigenvalue weighted by Crippen LogP contribution is 2.31. The molecule has 2 aromatic heterocycles. The van der Waals surface area contributed by atoms with Gasteiger partial charge in [-0.15, -0.1) is 0 Å². The summed E-state index contributed by atoms with van der Waals surface area (Å²) in [6.45, 7) is 9.59. The molecule has 0 aliphatic carbocycles. The molecule has 26 heavy (non-hydrogen) atoms. The predicted molar refractivity (Wildman–Crippen MR) is 104 cm³/mol. The van der Waals surface area contributed by atoms with Gasteiger partial charge >= 0.3 is 0 Å². The molecular formula is C21H25N5. The van der Waals surface area contributed by atoms with Crippen LogP contribution in [0.1, 0.15) is 55.2 Å². The van der Waals surface area contributed by atoms with Crippen molar-refractivity contribution in [2.75, 3.05) is 0 Å². The topological polar surface area (TPSA) is 48.5 Å². The third kappa shape index (κ3) is 3.09. The summed E-state index contributed by atoms with van der Waals surface area (Å²) >= 11 is 0. The minimum absolute atomic E-state index is 0.110. The SMILES string of the molecule is Cc1cn(-c2ccc(/C=C/c3nc4n(n3)CCCC4(C)C)cc2C)cn1. The lowest BCUT2D eigenvalue weighted by Gasteiger charge is -2.28. The van der Waals surface area contributed by atoms with Crippen molar-refractivity contribution >= 4 is 12.2 Å². The summed E-state index contributed by atoms with van der Waals surface area (Å²) in [7, 11) is 0. The minimum atomic E-state index is 0.110. The lowest BCUT2D eigenvalue weighted by atomic mass is 9.85. The van der Waals surface area contributed by atoms with E-state index in [1.807, 2.05) is 25.5 Å². The molecule has 5 heteroatoms. The molecule has 1 aliphatic rings.